The zero-order chi connectivity index (χ0) is 14.1. The van der Waals surface area contributed by atoms with Crippen molar-refractivity contribution in [3.8, 4) is 0 Å². The first kappa shape index (κ1) is 15.9. The van der Waals surface area contributed by atoms with Crippen molar-refractivity contribution < 1.29 is 9.90 Å². The van der Waals surface area contributed by atoms with Crippen molar-refractivity contribution >= 4 is 23.5 Å². The number of aryl methyl sites for hydroxylation is 1. The van der Waals surface area contributed by atoms with Crippen LogP contribution in [-0.2, 0) is 6.42 Å². The summed E-state index contributed by atoms with van der Waals surface area (Å²) in [7, 11) is 0. The summed E-state index contributed by atoms with van der Waals surface area (Å²) in [5.74, 6) is 1.10. The normalized spacial score (nSPS) is 11.9. The topological polar surface area (TPSA) is 61.4 Å². The number of anilines is 1. The molecule has 0 fully saturated rings. The SMILES string of the molecule is CSCCc1ccc(NC(=O)N[C@H](C)CCO)cc1. The largest absolute Gasteiger partial charge is 0.396 e. The number of urea groups is 1. The van der Waals surface area contributed by atoms with Crippen molar-refractivity contribution in [1.29, 1.82) is 0 Å². The number of rotatable bonds is 7. The Balaban J connectivity index is 2.42. The Morgan fingerprint density at radius 3 is 2.63 bits per heavy atom. The zero-order valence-electron chi connectivity index (χ0n) is 11.5. The fourth-order valence-electron chi connectivity index (χ4n) is 1.63. The van der Waals surface area contributed by atoms with E-state index in [9.17, 15) is 4.79 Å². The highest BCUT2D eigenvalue weighted by molar-refractivity contribution is 7.98. The van der Waals surface area contributed by atoms with E-state index < -0.39 is 0 Å². The van der Waals surface area contributed by atoms with Crippen LogP contribution in [0.1, 0.15) is 18.9 Å². The fourth-order valence-corrected chi connectivity index (χ4v) is 2.07. The molecule has 1 aromatic carbocycles. The summed E-state index contributed by atoms with van der Waals surface area (Å²) in [5.41, 5.74) is 2.05. The minimum atomic E-state index is -0.238. The van der Waals surface area contributed by atoms with Gasteiger partial charge in [0.1, 0.15) is 0 Å². The van der Waals surface area contributed by atoms with E-state index in [0.29, 0.717) is 6.42 Å². The lowest BCUT2D eigenvalue weighted by molar-refractivity contribution is 0.241. The van der Waals surface area contributed by atoms with Gasteiger partial charge in [0.15, 0.2) is 0 Å². The number of thioether (sulfide) groups is 1. The van der Waals surface area contributed by atoms with E-state index in [1.54, 1.807) is 0 Å². The molecule has 3 N–H and O–H groups in total. The fraction of sp³-hybridized carbons (Fsp3) is 0.500. The standard InChI is InChI=1S/C14H22N2O2S/c1-11(7-9-17)15-14(18)16-13-5-3-12(4-6-13)8-10-19-2/h3-6,11,17H,7-10H2,1-2H3,(H2,15,16,18)/t11-/m1/s1. The molecule has 4 nitrogen and oxygen atoms in total. The smallest absolute Gasteiger partial charge is 0.319 e. The summed E-state index contributed by atoms with van der Waals surface area (Å²) in [4.78, 5) is 11.6. The number of hydrogen-bond acceptors (Lipinski definition) is 3. The molecule has 1 aromatic rings. The zero-order valence-corrected chi connectivity index (χ0v) is 12.3. The lowest BCUT2D eigenvalue weighted by Gasteiger charge is -2.13. The van der Waals surface area contributed by atoms with Gasteiger partial charge in [-0.2, -0.15) is 11.8 Å². The van der Waals surface area contributed by atoms with Crippen LogP contribution in [-0.4, -0.2) is 35.8 Å². The van der Waals surface area contributed by atoms with Gasteiger partial charge in [-0.3, -0.25) is 0 Å². The van der Waals surface area contributed by atoms with Gasteiger partial charge in [-0.15, -0.1) is 0 Å². The van der Waals surface area contributed by atoms with Crippen LogP contribution in [0.15, 0.2) is 24.3 Å². The Labute approximate surface area is 119 Å². The van der Waals surface area contributed by atoms with Gasteiger partial charge in [0.2, 0.25) is 0 Å². The van der Waals surface area contributed by atoms with Crippen molar-refractivity contribution in [3.63, 3.8) is 0 Å². The van der Waals surface area contributed by atoms with Gasteiger partial charge >= 0.3 is 6.03 Å². The van der Waals surface area contributed by atoms with Gasteiger partial charge < -0.3 is 15.7 Å². The van der Waals surface area contributed by atoms with Gasteiger partial charge in [-0.25, -0.2) is 4.79 Å². The maximum Gasteiger partial charge on any atom is 0.319 e. The number of hydrogen-bond donors (Lipinski definition) is 3. The molecule has 0 radical (unpaired) electrons. The summed E-state index contributed by atoms with van der Waals surface area (Å²) in [6, 6.07) is 7.60. The van der Waals surface area contributed by atoms with E-state index in [2.05, 4.69) is 16.9 Å². The summed E-state index contributed by atoms with van der Waals surface area (Å²) in [6.07, 6.45) is 3.69. The van der Waals surface area contributed by atoms with Crippen LogP contribution >= 0.6 is 11.8 Å². The number of benzene rings is 1. The molecule has 106 valence electrons. The molecule has 1 atom stereocenters. The number of aliphatic hydroxyl groups is 1. The van der Waals surface area contributed by atoms with Crippen LogP contribution in [0.5, 0.6) is 0 Å². The first-order valence-corrected chi connectivity index (χ1v) is 7.81. The van der Waals surface area contributed by atoms with Crippen LogP contribution in [0.2, 0.25) is 0 Å². The Kier molecular flexibility index (Phi) is 7.36. The molecule has 0 unspecified atom stereocenters. The lowest BCUT2D eigenvalue weighted by Crippen LogP contribution is -2.36. The molecule has 0 aliphatic heterocycles. The maximum atomic E-state index is 11.6. The molecule has 0 bridgehead atoms. The predicted molar refractivity (Wildman–Crippen MR) is 81.8 cm³/mol. The van der Waals surface area contributed by atoms with Gasteiger partial charge in [0.25, 0.3) is 0 Å². The van der Waals surface area contributed by atoms with E-state index >= 15 is 0 Å². The van der Waals surface area contributed by atoms with E-state index in [0.717, 1.165) is 17.9 Å². The quantitative estimate of drug-likeness (QED) is 0.720. The number of nitrogens with one attached hydrogen (secondary N) is 2. The highest BCUT2D eigenvalue weighted by Crippen LogP contribution is 2.11. The van der Waals surface area contributed by atoms with E-state index in [4.69, 9.17) is 5.11 Å². The van der Waals surface area contributed by atoms with Crippen LogP contribution in [0.25, 0.3) is 0 Å². The number of carbonyl (C=O) groups is 1. The average molecular weight is 282 g/mol. The Morgan fingerprint density at radius 1 is 1.37 bits per heavy atom. The molecule has 0 aliphatic carbocycles. The first-order valence-electron chi connectivity index (χ1n) is 6.42. The second-order valence-electron chi connectivity index (χ2n) is 4.45. The number of aliphatic hydroxyl groups excluding tert-OH is 1. The van der Waals surface area contributed by atoms with Crippen molar-refractivity contribution in [2.45, 2.75) is 25.8 Å². The molecule has 1 rings (SSSR count). The van der Waals surface area contributed by atoms with Gasteiger partial charge in [-0.05, 0) is 49.5 Å². The second-order valence-corrected chi connectivity index (χ2v) is 5.44. The Morgan fingerprint density at radius 2 is 2.05 bits per heavy atom. The van der Waals surface area contributed by atoms with Crippen LogP contribution in [0.3, 0.4) is 0 Å². The molecule has 0 saturated carbocycles. The first-order chi connectivity index (χ1) is 9.15. The minimum Gasteiger partial charge on any atom is -0.396 e. The number of amides is 2. The third-order valence-electron chi connectivity index (χ3n) is 2.75. The molecule has 2 amide bonds. The second kappa shape index (κ2) is 8.82. The molecular weight excluding hydrogens is 260 g/mol. The van der Waals surface area contributed by atoms with Crippen molar-refractivity contribution in [2.75, 3.05) is 23.9 Å². The average Bonchev–Trinajstić information content (AvgIpc) is 2.38. The molecule has 0 aliphatic rings. The highest BCUT2D eigenvalue weighted by atomic mass is 32.2. The molecule has 5 heteroatoms. The van der Waals surface area contributed by atoms with Crippen LogP contribution in [0.4, 0.5) is 10.5 Å². The van der Waals surface area contributed by atoms with Crippen molar-refractivity contribution in [1.82, 2.24) is 5.32 Å². The highest BCUT2D eigenvalue weighted by Gasteiger charge is 2.06. The van der Waals surface area contributed by atoms with E-state index in [1.165, 1.54) is 5.56 Å². The van der Waals surface area contributed by atoms with Crippen LogP contribution < -0.4 is 10.6 Å². The monoisotopic (exact) mass is 282 g/mol. The minimum absolute atomic E-state index is 0.0362. The molecule has 0 heterocycles. The maximum absolute atomic E-state index is 11.6. The van der Waals surface area contributed by atoms with Gasteiger partial charge in [0, 0.05) is 18.3 Å². The summed E-state index contributed by atoms with van der Waals surface area (Å²) in [6.45, 7) is 1.94. The molecule has 0 aromatic heterocycles. The lowest BCUT2D eigenvalue weighted by atomic mass is 10.1. The number of carbonyl (C=O) groups excluding carboxylic acids is 1. The van der Waals surface area contributed by atoms with E-state index in [1.807, 2.05) is 43.0 Å². The summed E-state index contributed by atoms with van der Waals surface area (Å²) >= 11 is 1.82. The van der Waals surface area contributed by atoms with Gasteiger partial charge in [-0.1, -0.05) is 12.1 Å². The molecule has 0 saturated heterocycles. The van der Waals surface area contributed by atoms with Gasteiger partial charge in [0.05, 0.1) is 0 Å². The Hall–Kier alpha value is -1.20. The summed E-state index contributed by atoms with van der Waals surface area (Å²) < 4.78 is 0. The predicted octanol–water partition coefficient (Wildman–Crippen LogP) is 2.48. The molecular formula is C14H22N2O2S. The summed E-state index contributed by atoms with van der Waals surface area (Å²) in [5, 5.41) is 14.3. The molecule has 0 spiro atoms. The Bertz CT molecular complexity index is 382. The molecule has 19 heavy (non-hydrogen) atoms. The van der Waals surface area contributed by atoms with Crippen molar-refractivity contribution in [2.24, 2.45) is 0 Å². The van der Waals surface area contributed by atoms with E-state index in [-0.39, 0.29) is 18.7 Å². The third kappa shape index (κ3) is 6.50. The van der Waals surface area contributed by atoms with Crippen molar-refractivity contribution in [3.05, 3.63) is 29.8 Å². The van der Waals surface area contributed by atoms with Crippen LogP contribution in [0, 0.1) is 0 Å². The third-order valence-corrected chi connectivity index (χ3v) is 3.36.